The first-order valence-electron chi connectivity index (χ1n) is 6.43. The third kappa shape index (κ3) is 2.50. The normalized spacial score (nSPS) is 13.9. The molecule has 0 N–H and O–H groups in total. The highest BCUT2D eigenvalue weighted by Crippen LogP contribution is 2.29. The summed E-state index contributed by atoms with van der Waals surface area (Å²) in [5, 5.41) is 9.31. The molecule has 1 aliphatic rings. The standard InChI is InChI=1S/C16H13BrN2O/c17-14-5-6-15(13(9-14)10-18)19-7-8-20-16-4-2-1-3-12(16)11-19/h1-6,9H,7-8,11H2. The maximum Gasteiger partial charge on any atom is 0.124 e. The van der Waals surface area contributed by atoms with Gasteiger partial charge in [0.25, 0.3) is 0 Å². The fraction of sp³-hybridized carbons (Fsp3) is 0.188. The quantitative estimate of drug-likeness (QED) is 0.800. The molecule has 0 unspecified atom stereocenters. The molecule has 0 atom stereocenters. The lowest BCUT2D eigenvalue weighted by Gasteiger charge is -2.23. The number of para-hydroxylation sites is 1. The highest BCUT2D eigenvalue weighted by Gasteiger charge is 2.17. The lowest BCUT2D eigenvalue weighted by atomic mass is 10.1. The van der Waals surface area contributed by atoms with Gasteiger partial charge in [-0.15, -0.1) is 0 Å². The van der Waals surface area contributed by atoms with Crippen molar-refractivity contribution in [2.45, 2.75) is 6.54 Å². The van der Waals surface area contributed by atoms with Crippen LogP contribution in [0, 0.1) is 11.3 Å². The molecule has 1 aliphatic heterocycles. The predicted molar refractivity (Wildman–Crippen MR) is 81.8 cm³/mol. The van der Waals surface area contributed by atoms with Crippen LogP contribution in [0.2, 0.25) is 0 Å². The smallest absolute Gasteiger partial charge is 0.124 e. The van der Waals surface area contributed by atoms with Gasteiger partial charge in [0, 0.05) is 16.6 Å². The molecule has 0 amide bonds. The first-order valence-corrected chi connectivity index (χ1v) is 7.22. The van der Waals surface area contributed by atoms with Gasteiger partial charge in [0.1, 0.15) is 18.4 Å². The number of anilines is 1. The Balaban J connectivity index is 1.98. The number of ether oxygens (including phenoxy) is 1. The van der Waals surface area contributed by atoms with Crippen LogP contribution in [0.25, 0.3) is 0 Å². The van der Waals surface area contributed by atoms with E-state index in [1.54, 1.807) is 0 Å². The number of nitriles is 1. The number of hydrogen-bond donors (Lipinski definition) is 0. The van der Waals surface area contributed by atoms with Gasteiger partial charge in [-0.25, -0.2) is 0 Å². The molecule has 0 spiro atoms. The van der Waals surface area contributed by atoms with Crippen LogP contribution < -0.4 is 9.64 Å². The molecule has 100 valence electrons. The van der Waals surface area contributed by atoms with E-state index in [1.165, 1.54) is 0 Å². The van der Waals surface area contributed by atoms with Gasteiger partial charge in [0.05, 0.1) is 17.8 Å². The van der Waals surface area contributed by atoms with Crippen LogP contribution in [0.15, 0.2) is 46.9 Å². The first-order chi connectivity index (χ1) is 9.78. The summed E-state index contributed by atoms with van der Waals surface area (Å²) in [6, 6.07) is 16.1. The summed E-state index contributed by atoms with van der Waals surface area (Å²) < 4.78 is 6.68. The molecule has 2 aromatic carbocycles. The number of benzene rings is 2. The highest BCUT2D eigenvalue weighted by molar-refractivity contribution is 9.10. The fourth-order valence-corrected chi connectivity index (χ4v) is 2.77. The molecule has 0 aliphatic carbocycles. The lowest BCUT2D eigenvalue weighted by Crippen LogP contribution is -2.26. The topological polar surface area (TPSA) is 36.3 Å². The minimum atomic E-state index is 0.623. The van der Waals surface area contributed by atoms with E-state index in [4.69, 9.17) is 4.74 Å². The maximum absolute atomic E-state index is 9.31. The van der Waals surface area contributed by atoms with E-state index in [0.29, 0.717) is 12.2 Å². The van der Waals surface area contributed by atoms with Crippen LogP contribution in [0.3, 0.4) is 0 Å². The van der Waals surface area contributed by atoms with Crippen LogP contribution in [0.5, 0.6) is 5.75 Å². The minimum Gasteiger partial charge on any atom is -0.491 e. The van der Waals surface area contributed by atoms with Gasteiger partial charge in [0.2, 0.25) is 0 Å². The van der Waals surface area contributed by atoms with E-state index in [2.05, 4.69) is 33.0 Å². The first kappa shape index (κ1) is 13.0. The Morgan fingerprint density at radius 3 is 2.90 bits per heavy atom. The Morgan fingerprint density at radius 1 is 1.20 bits per heavy atom. The fourth-order valence-electron chi connectivity index (χ4n) is 2.40. The summed E-state index contributed by atoms with van der Waals surface area (Å²) in [7, 11) is 0. The van der Waals surface area contributed by atoms with Gasteiger partial charge in [-0.3, -0.25) is 0 Å². The zero-order chi connectivity index (χ0) is 13.9. The molecule has 2 aromatic rings. The number of halogens is 1. The Labute approximate surface area is 126 Å². The van der Waals surface area contributed by atoms with Crippen molar-refractivity contribution in [1.29, 1.82) is 5.26 Å². The summed E-state index contributed by atoms with van der Waals surface area (Å²) in [5.74, 6) is 0.936. The van der Waals surface area contributed by atoms with E-state index in [9.17, 15) is 5.26 Å². The van der Waals surface area contributed by atoms with Crippen molar-refractivity contribution in [3.05, 3.63) is 58.1 Å². The van der Waals surface area contributed by atoms with Crippen LogP contribution in [0.4, 0.5) is 5.69 Å². The van der Waals surface area contributed by atoms with Crippen LogP contribution in [-0.4, -0.2) is 13.2 Å². The third-order valence-corrected chi connectivity index (χ3v) is 3.87. The molecular formula is C16H13BrN2O. The van der Waals surface area contributed by atoms with Crippen molar-refractivity contribution in [2.75, 3.05) is 18.1 Å². The summed E-state index contributed by atoms with van der Waals surface area (Å²) in [4.78, 5) is 2.19. The predicted octanol–water partition coefficient (Wildman–Crippen LogP) is 3.72. The Hall–Kier alpha value is -1.99. The molecule has 20 heavy (non-hydrogen) atoms. The average Bonchev–Trinajstić information content (AvgIpc) is 2.69. The molecular weight excluding hydrogens is 316 g/mol. The van der Waals surface area contributed by atoms with E-state index < -0.39 is 0 Å². The third-order valence-electron chi connectivity index (χ3n) is 3.37. The zero-order valence-corrected chi connectivity index (χ0v) is 12.4. The van der Waals surface area contributed by atoms with Crippen LogP contribution >= 0.6 is 15.9 Å². The molecule has 4 heteroatoms. The molecule has 0 fully saturated rings. The number of fused-ring (bicyclic) bond motifs is 1. The summed E-state index contributed by atoms with van der Waals surface area (Å²) in [6.07, 6.45) is 0. The molecule has 3 nitrogen and oxygen atoms in total. The monoisotopic (exact) mass is 328 g/mol. The number of hydrogen-bond acceptors (Lipinski definition) is 3. The van der Waals surface area contributed by atoms with Gasteiger partial charge in [0.15, 0.2) is 0 Å². The van der Waals surface area contributed by atoms with Gasteiger partial charge < -0.3 is 9.64 Å². The largest absolute Gasteiger partial charge is 0.491 e. The SMILES string of the molecule is N#Cc1cc(Br)ccc1N1CCOc2ccccc2C1. The van der Waals surface area contributed by atoms with Crippen LogP contribution in [-0.2, 0) is 6.54 Å². The Bertz CT molecular complexity index is 678. The van der Waals surface area contributed by atoms with Crippen molar-refractivity contribution in [3.8, 4) is 11.8 Å². The van der Waals surface area contributed by atoms with Crippen molar-refractivity contribution in [2.24, 2.45) is 0 Å². The van der Waals surface area contributed by atoms with E-state index in [1.807, 2.05) is 36.4 Å². The average molecular weight is 329 g/mol. The Morgan fingerprint density at radius 2 is 2.05 bits per heavy atom. The van der Waals surface area contributed by atoms with Gasteiger partial charge >= 0.3 is 0 Å². The minimum absolute atomic E-state index is 0.623. The number of nitrogens with zero attached hydrogens (tertiary/aromatic N) is 2. The summed E-state index contributed by atoms with van der Waals surface area (Å²) in [5.41, 5.74) is 2.78. The second-order valence-corrected chi connectivity index (χ2v) is 5.57. The summed E-state index contributed by atoms with van der Waals surface area (Å²) in [6.45, 7) is 2.15. The van der Waals surface area contributed by atoms with E-state index in [0.717, 1.165) is 34.6 Å². The molecule has 1 heterocycles. The second-order valence-electron chi connectivity index (χ2n) is 4.65. The van der Waals surface area contributed by atoms with Crippen molar-refractivity contribution < 1.29 is 4.74 Å². The summed E-state index contributed by atoms with van der Waals surface area (Å²) >= 11 is 3.41. The highest BCUT2D eigenvalue weighted by atomic mass is 79.9. The number of rotatable bonds is 1. The zero-order valence-electron chi connectivity index (χ0n) is 10.8. The lowest BCUT2D eigenvalue weighted by molar-refractivity contribution is 0.331. The van der Waals surface area contributed by atoms with Crippen LogP contribution in [0.1, 0.15) is 11.1 Å². The van der Waals surface area contributed by atoms with Gasteiger partial charge in [-0.1, -0.05) is 34.1 Å². The molecule has 0 bridgehead atoms. The van der Waals surface area contributed by atoms with Gasteiger partial charge in [-0.05, 0) is 24.3 Å². The molecule has 0 saturated carbocycles. The molecule has 0 radical (unpaired) electrons. The van der Waals surface area contributed by atoms with Crippen molar-refractivity contribution >= 4 is 21.6 Å². The molecule has 3 rings (SSSR count). The molecule has 0 aromatic heterocycles. The second kappa shape index (κ2) is 5.56. The maximum atomic E-state index is 9.31. The van der Waals surface area contributed by atoms with Crippen molar-refractivity contribution in [3.63, 3.8) is 0 Å². The van der Waals surface area contributed by atoms with Gasteiger partial charge in [-0.2, -0.15) is 5.26 Å². The van der Waals surface area contributed by atoms with Crippen molar-refractivity contribution in [1.82, 2.24) is 0 Å². The van der Waals surface area contributed by atoms with E-state index >= 15 is 0 Å². The molecule has 0 saturated heterocycles. The van der Waals surface area contributed by atoms with E-state index in [-0.39, 0.29) is 0 Å². The Kier molecular flexibility index (Phi) is 3.62.